The molecule has 122 valence electrons. The van der Waals surface area contributed by atoms with E-state index in [1.807, 2.05) is 55.6 Å². The first-order valence-electron chi connectivity index (χ1n) is 7.66. The van der Waals surface area contributed by atoms with Gasteiger partial charge in [-0.05, 0) is 30.2 Å². The monoisotopic (exact) mass is 339 g/mol. The fourth-order valence-electron chi connectivity index (χ4n) is 2.27. The van der Waals surface area contributed by atoms with Gasteiger partial charge in [0, 0.05) is 36.6 Å². The molecular formula is C18H18ClN5. The SMILES string of the molecule is Cc1nc(NCc2cccnc2)cc(NCc2ccccc2Cl)n1. The van der Waals surface area contributed by atoms with Gasteiger partial charge >= 0.3 is 0 Å². The maximum absolute atomic E-state index is 6.18. The summed E-state index contributed by atoms with van der Waals surface area (Å²) in [6.07, 6.45) is 3.59. The zero-order chi connectivity index (χ0) is 16.8. The minimum absolute atomic E-state index is 0.609. The number of hydrogen-bond donors (Lipinski definition) is 2. The number of benzene rings is 1. The van der Waals surface area contributed by atoms with Gasteiger partial charge in [0.05, 0.1) is 0 Å². The summed E-state index contributed by atoms with van der Waals surface area (Å²) in [5.41, 5.74) is 2.12. The van der Waals surface area contributed by atoms with Crippen molar-refractivity contribution in [3.8, 4) is 0 Å². The van der Waals surface area contributed by atoms with E-state index in [-0.39, 0.29) is 0 Å². The van der Waals surface area contributed by atoms with E-state index in [2.05, 4.69) is 25.6 Å². The molecule has 0 fully saturated rings. The molecule has 0 aliphatic rings. The Kier molecular flexibility index (Phi) is 5.23. The molecule has 1 aromatic carbocycles. The van der Waals surface area contributed by atoms with Gasteiger partial charge in [0.25, 0.3) is 0 Å². The number of nitrogens with zero attached hydrogens (tertiary/aromatic N) is 3. The lowest BCUT2D eigenvalue weighted by Gasteiger charge is -2.11. The average Bonchev–Trinajstić information content (AvgIpc) is 2.60. The molecule has 0 bridgehead atoms. The molecule has 3 aromatic rings. The van der Waals surface area contributed by atoms with Gasteiger partial charge < -0.3 is 10.6 Å². The van der Waals surface area contributed by atoms with Crippen molar-refractivity contribution in [1.29, 1.82) is 0 Å². The third-order valence-electron chi connectivity index (χ3n) is 3.45. The number of halogens is 1. The highest BCUT2D eigenvalue weighted by atomic mass is 35.5. The topological polar surface area (TPSA) is 62.7 Å². The van der Waals surface area contributed by atoms with Gasteiger partial charge in [-0.2, -0.15) is 0 Å². The molecule has 2 N–H and O–H groups in total. The van der Waals surface area contributed by atoms with Crippen LogP contribution >= 0.6 is 11.6 Å². The summed E-state index contributed by atoms with van der Waals surface area (Å²) >= 11 is 6.18. The van der Waals surface area contributed by atoms with E-state index >= 15 is 0 Å². The van der Waals surface area contributed by atoms with Gasteiger partial charge in [0.15, 0.2) is 0 Å². The number of pyridine rings is 1. The molecule has 0 spiro atoms. The van der Waals surface area contributed by atoms with Gasteiger partial charge in [-0.1, -0.05) is 35.9 Å². The highest BCUT2D eigenvalue weighted by molar-refractivity contribution is 6.31. The molecule has 0 unspecified atom stereocenters. The quantitative estimate of drug-likeness (QED) is 0.709. The lowest BCUT2D eigenvalue weighted by molar-refractivity contribution is 1.00. The lowest BCUT2D eigenvalue weighted by atomic mass is 10.2. The summed E-state index contributed by atoms with van der Waals surface area (Å²) in [6, 6.07) is 13.6. The summed E-state index contributed by atoms with van der Waals surface area (Å²) in [6.45, 7) is 3.14. The van der Waals surface area contributed by atoms with E-state index in [0.29, 0.717) is 18.9 Å². The molecule has 2 aromatic heterocycles. The van der Waals surface area contributed by atoms with Crippen LogP contribution in [0.2, 0.25) is 5.02 Å². The van der Waals surface area contributed by atoms with Crippen molar-refractivity contribution in [2.45, 2.75) is 20.0 Å². The summed E-state index contributed by atoms with van der Waals surface area (Å²) in [4.78, 5) is 12.9. The van der Waals surface area contributed by atoms with Gasteiger partial charge in [0.1, 0.15) is 17.5 Å². The summed E-state index contributed by atoms with van der Waals surface area (Å²) in [5, 5.41) is 7.33. The van der Waals surface area contributed by atoms with E-state index in [0.717, 1.165) is 27.8 Å². The van der Waals surface area contributed by atoms with Crippen LogP contribution in [0.5, 0.6) is 0 Å². The highest BCUT2D eigenvalue weighted by Gasteiger charge is 2.04. The Hall–Kier alpha value is -2.66. The molecule has 24 heavy (non-hydrogen) atoms. The fourth-order valence-corrected chi connectivity index (χ4v) is 2.47. The maximum Gasteiger partial charge on any atom is 0.132 e. The summed E-state index contributed by atoms with van der Waals surface area (Å²) < 4.78 is 0. The number of nitrogens with one attached hydrogen (secondary N) is 2. The Balaban J connectivity index is 1.66. The Morgan fingerprint density at radius 3 is 2.42 bits per heavy atom. The summed E-state index contributed by atoms with van der Waals surface area (Å²) in [5.74, 6) is 2.23. The van der Waals surface area contributed by atoms with Crippen molar-refractivity contribution in [2.75, 3.05) is 10.6 Å². The van der Waals surface area contributed by atoms with Crippen LogP contribution in [0.3, 0.4) is 0 Å². The van der Waals surface area contributed by atoms with Crippen molar-refractivity contribution in [2.24, 2.45) is 0 Å². The number of hydrogen-bond acceptors (Lipinski definition) is 5. The van der Waals surface area contributed by atoms with Crippen LogP contribution in [-0.2, 0) is 13.1 Å². The van der Waals surface area contributed by atoms with Gasteiger partial charge in [-0.3, -0.25) is 4.98 Å². The number of rotatable bonds is 6. The third kappa shape index (κ3) is 4.43. The predicted molar refractivity (Wildman–Crippen MR) is 97.1 cm³/mol. The first-order chi connectivity index (χ1) is 11.7. The zero-order valence-electron chi connectivity index (χ0n) is 13.3. The standard InChI is InChI=1S/C18H18ClN5/c1-13-23-17(21-11-14-5-4-8-20-10-14)9-18(24-13)22-12-15-6-2-3-7-16(15)19/h2-10H,11-12H2,1H3,(H2,21,22,23,24). The normalized spacial score (nSPS) is 10.4. The van der Waals surface area contributed by atoms with Crippen molar-refractivity contribution in [3.05, 3.63) is 76.8 Å². The Labute approximate surface area is 146 Å². The van der Waals surface area contributed by atoms with Crippen molar-refractivity contribution >= 4 is 23.2 Å². The van der Waals surface area contributed by atoms with Crippen molar-refractivity contribution in [3.63, 3.8) is 0 Å². The fraction of sp³-hybridized carbons (Fsp3) is 0.167. The first kappa shape index (κ1) is 16.2. The molecule has 0 aliphatic carbocycles. The molecule has 0 atom stereocenters. The molecule has 0 radical (unpaired) electrons. The lowest BCUT2D eigenvalue weighted by Crippen LogP contribution is -2.07. The van der Waals surface area contributed by atoms with Gasteiger partial charge in [-0.25, -0.2) is 9.97 Å². The second kappa shape index (κ2) is 7.75. The zero-order valence-corrected chi connectivity index (χ0v) is 14.1. The Bertz CT molecular complexity index is 808. The molecule has 0 aliphatic heterocycles. The van der Waals surface area contributed by atoms with Crippen LogP contribution in [0.15, 0.2) is 54.9 Å². The van der Waals surface area contributed by atoms with E-state index in [1.165, 1.54) is 0 Å². The van der Waals surface area contributed by atoms with E-state index < -0.39 is 0 Å². The molecule has 3 rings (SSSR count). The van der Waals surface area contributed by atoms with Crippen LogP contribution in [0, 0.1) is 6.92 Å². The van der Waals surface area contributed by atoms with E-state index in [9.17, 15) is 0 Å². The van der Waals surface area contributed by atoms with E-state index in [4.69, 9.17) is 11.6 Å². The second-order valence-corrected chi connectivity index (χ2v) is 5.75. The van der Waals surface area contributed by atoms with Crippen LogP contribution in [-0.4, -0.2) is 15.0 Å². The number of aryl methyl sites for hydroxylation is 1. The molecule has 5 nitrogen and oxygen atoms in total. The van der Waals surface area contributed by atoms with Crippen LogP contribution in [0.1, 0.15) is 17.0 Å². The van der Waals surface area contributed by atoms with E-state index in [1.54, 1.807) is 6.20 Å². The molecule has 0 saturated heterocycles. The highest BCUT2D eigenvalue weighted by Crippen LogP contribution is 2.18. The maximum atomic E-state index is 6.18. The van der Waals surface area contributed by atoms with Crippen molar-refractivity contribution < 1.29 is 0 Å². The smallest absolute Gasteiger partial charge is 0.132 e. The van der Waals surface area contributed by atoms with Crippen LogP contribution in [0.4, 0.5) is 11.6 Å². The number of anilines is 2. The minimum Gasteiger partial charge on any atom is -0.366 e. The molecule has 6 heteroatoms. The third-order valence-corrected chi connectivity index (χ3v) is 3.82. The average molecular weight is 340 g/mol. The minimum atomic E-state index is 0.609. The summed E-state index contributed by atoms with van der Waals surface area (Å²) in [7, 11) is 0. The number of aromatic nitrogens is 3. The van der Waals surface area contributed by atoms with Crippen LogP contribution in [0.25, 0.3) is 0 Å². The molecular weight excluding hydrogens is 322 g/mol. The second-order valence-electron chi connectivity index (χ2n) is 5.35. The molecule has 0 amide bonds. The van der Waals surface area contributed by atoms with Crippen LogP contribution < -0.4 is 10.6 Å². The first-order valence-corrected chi connectivity index (χ1v) is 8.04. The van der Waals surface area contributed by atoms with Gasteiger partial charge in [0.2, 0.25) is 0 Å². The largest absolute Gasteiger partial charge is 0.366 e. The molecule has 2 heterocycles. The predicted octanol–water partition coefficient (Wildman–Crippen LogP) is 4.06. The van der Waals surface area contributed by atoms with Gasteiger partial charge in [-0.15, -0.1) is 0 Å². The Morgan fingerprint density at radius 2 is 1.71 bits per heavy atom. The van der Waals surface area contributed by atoms with Crippen molar-refractivity contribution in [1.82, 2.24) is 15.0 Å². The molecule has 0 saturated carbocycles. The Morgan fingerprint density at radius 1 is 0.958 bits per heavy atom.